The van der Waals surface area contributed by atoms with Crippen LogP contribution in [0.3, 0.4) is 0 Å². The summed E-state index contributed by atoms with van der Waals surface area (Å²) < 4.78 is 47.0. The first kappa shape index (κ1) is 49.6. The number of imidazole rings is 2. The van der Waals surface area contributed by atoms with E-state index in [1.165, 1.54) is 17.2 Å². The van der Waals surface area contributed by atoms with Gasteiger partial charge in [-0.3, -0.25) is 48.9 Å². The molecule has 3 aromatic carbocycles. The summed E-state index contributed by atoms with van der Waals surface area (Å²) in [6.07, 6.45) is -1.58. The number of nitrogens with zero attached hydrogens (tertiary/aromatic N) is 6. The molecule has 0 unspecified atom stereocenters. The predicted molar refractivity (Wildman–Crippen MR) is 260 cm³/mol. The summed E-state index contributed by atoms with van der Waals surface area (Å²) in [4.78, 5) is 73.8. The first-order valence-electron chi connectivity index (χ1n) is 23.5. The lowest BCUT2D eigenvalue weighted by Crippen LogP contribution is -2.39. The number of hydrogen-bond acceptors (Lipinski definition) is 16. The summed E-state index contributed by atoms with van der Waals surface area (Å²) in [5.74, 6) is -0.148. The molecule has 0 radical (unpaired) electrons. The van der Waals surface area contributed by atoms with Crippen LogP contribution in [0.4, 0.5) is 11.9 Å². The van der Waals surface area contributed by atoms with Gasteiger partial charge in [-0.2, -0.15) is 9.97 Å². The number of aliphatic hydroxyl groups excluding tert-OH is 1. The van der Waals surface area contributed by atoms with Crippen LogP contribution in [-0.2, 0) is 38.9 Å². The second-order valence-corrected chi connectivity index (χ2v) is 18.1. The van der Waals surface area contributed by atoms with Gasteiger partial charge in [-0.05, 0) is 41.0 Å². The number of H-pyrrole nitrogens is 2. The number of ether oxygens (including phenoxy) is 7. The molecule has 22 heteroatoms. The van der Waals surface area contributed by atoms with Crippen LogP contribution in [0.1, 0.15) is 69.7 Å². The predicted octanol–water partition coefficient (Wildman–Crippen LogP) is 4.76. The van der Waals surface area contributed by atoms with Crippen molar-refractivity contribution in [1.29, 1.82) is 0 Å². The Bertz CT molecular complexity index is 3090. The number of carbonyl (C=O) groups is 2. The van der Waals surface area contributed by atoms with Crippen molar-refractivity contribution in [2.24, 2.45) is 11.8 Å². The molecule has 4 aromatic heterocycles. The van der Waals surface area contributed by atoms with Crippen molar-refractivity contribution in [3.63, 3.8) is 0 Å². The fourth-order valence-corrected chi connectivity index (χ4v) is 8.73. The summed E-state index contributed by atoms with van der Waals surface area (Å²) in [5.41, 5.74) is 0.554. The van der Waals surface area contributed by atoms with E-state index >= 15 is 0 Å². The van der Waals surface area contributed by atoms with Crippen molar-refractivity contribution in [3.8, 4) is 11.5 Å². The normalized spacial score (nSPS) is 20.2. The van der Waals surface area contributed by atoms with Crippen molar-refractivity contribution in [2.45, 2.75) is 83.0 Å². The monoisotopic (exact) mass is 988 g/mol. The van der Waals surface area contributed by atoms with Crippen LogP contribution in [0, 0.1) is 11.8 Å². The van der Waals surface area contributed by atoms with Crippen molar-refractivity contribution >= 4 is 46.0 Å². The first-order chi connectivity index (χ1) is 34.8. The molecular formula is C50H56N10O12. The lowest BCUT2D eigenvalue weighted by Gasteiger charge is -2.37. The summed E-state index contributed by atoms with van der Waals surface area (Å²) >= 11 is 0. The molecule has 2 aliphatic heterocycles. The van der Waals surface area contributed by atoms with Crippen LogP contribution in [-0.4, -0.2) is 115 Å². The van der Waals surface area contributed by atoms with E-state index in [0.717, 1.165) is 16.7 Å². The highest BCUT2D eigenvalue weighted by Crippen LogP contribution is 2.43. The molecule has 2 aliphatic rings. The minimum atomic E-state index is -1.21. The molecule has 378 valence electrons. The number of carbonyl (C=O) groups excluding carboxylic acids is 2. The molecule has 6 heterocycles. The topological polar surface area (TPSA) is 270 Å². The molecule has 5 N–H and O–H groups in total. The highest BCUT2D eigenvalue weighted by molar-refractivity contribution is 5.91. The first-order valence-corrected chi connectivity index (χ1v) is 23.5. The maximum Gasteiger partial charge on any atom is 0.280 e. The van der Waals surface area contributed by atoms with Crippen LogP contribution in [0.2, 0.25) is 0 Å². The number of amides is 2. The van der Waals surface area contributed by atoms with Gasteiger partial charge in [0.1, 0.15) is 48.6 Å². The molecule has 0 aliphatic carbocycles. The second kappa shape index (κ2) is 21.2. The lowest BCUT2D eigenvalue weighted by molar-refractivity contribution is -0.151. The number of anilines is 2. The molecule has 2 saturated heterocycles. The van der Waals surface area contributed by atoms with Gasteiger partial charge in [0.2, 0.25) is 23.7 Å². The van der Waals surface area contributed by atoms with Crippen LogP contribution >= 0.6 is 0 Å². The van der Waals surface area contributed by atoms with Gasteiger partial charge in [0.05, 0.1) is 52.3 Å². The fraction of sp³-hybridized carbons (Fsp3) is 0.400. The number of aromatic nitrogens is 8. The molecule has 2 amide bonds. The molecule has 22 nitrogen and oxygen atoms in total. The van der Waals surface area contributed by atoms with E-state index in [1.807, 2.05) is 78.9 Å². The summed E-state index contributed by atoms with van der Waals surface area (Å²) in [6.45, 7) is 6.51. The van der Waals surface area contributed by atoms with Gasteiger partial charge in [-0.25, -0.2) is 9.97 Å². The number of methoxy groups -OCH3 is 2. The number of rotatable bonds is 19. The van der Waals surface area contributed by atoms with Gasteiger partial charge in [-0.15, -0.1) is 0 Å². The molecule has 6 atom stereocenters. The minimum absolute atomic E-state index is 0.0326. The number of benzene rings is 3. The van der Waals surface area contributed by atoms with Crippen LogP contribution in [0.15, 0.2) is 101 Å². The van der Waals surface area contributed by atoms with Gasteiger partial charge in [0, 0.05) is 24.7 Å². The second-order valence-electron chi connectivity index (χ2n) is 18.1. The van der Waals surface area contributed by atoms with Gasteiger partial charge >= 0.3 is 0 Å². The number of aliphatic hydroxyl groups is 1. The van der Waals surface area contributed by atoms with Crippen LogP contribution in [0.5, 0.6) is 11.5 Å². The maximum absolute atomic E-state index is 13.2. The Morgan fingerprint density at radius 1 is 0.708 bits per heavy atom. The lowest BCUT2D eigenvalue weighted by atomic mass is 9.80. The molecule has 2 fully saturated rings. The largest absolute Gasteiger partial charge is 0.497 e. The van der Waals surface area contributed by atoms with Crippen LogP contribution < -0.4 is 31.2 Å². The number of fused-ring (bicyclic) bond motifs is 2. The number of nitrogens with one attached hydrogen (secondary N) is 4. The molecule has 0 saturated carbocycles. The average molecular weight is 989 g/mol. The van der Waals surface area contributed by atoms with Gasteiger partial charge in [0.25, 0.3) is 11.1 Å². The molecule has 7 aromatic rings. The van der Waals surface area contributed by atoms with E-state index < -0.39 is 53.6 Å². The Morgan fingerprint density at radius 2 is 1.19 bits per heavy atom. The Labute approximate surface area is 412 Å². The highest BCUT2D eigenvalue weighted by atomic mass is 16.7. The minimum Gasteiger partial charge on any atom is -0.497 e. The maximum atomic E-state index is 13.2. The zero-order chi connectivity index (χ0) is 50.7. The highest BCUT2D eigenvalue weighted by Gasteiger charge is 2.44. The third-order valence-electron chi connectivity index (χ3n) is 12.7. The fourth-order valence-electron chi connectivity index (χ4n) is 8.73. The van der Waals surface area contributed by atoms with Gasteiger partial charge in [-0.1, -0.05) is 82.3 Å². The van der Waals surface area contributed by atoms with E-state index in [4.69, 9.17) is 33.2 Å². The smallest absolute Gasteiger partial charge is 0.280 e. The SMILES string of the molecule is COc1ccc(C(OC[C@H]2O[C@@H](n3cnc4c(=O)[nH]c(NC(=O)C(C)C)nc43)C[C@@H]2OCOC[C@H]2O[C@@H](n3cnc4c(=O)[nH]c(NC(=O)C(C)C)nc43)C[C@@H]2O)(c2ccccc2)c2ccc(OC)cc2)cc1. The molecule has 72 heavy (non-hydrogen) atoms. The van der Waals surface area contributed by atoms with Crippen LogP contribution in [0.25, 0.3) is 22.3 Å². The molecular weight excluding hydrogens is 933 g/mol. The number of hydrogen-bond donors (Lipinski definition) is 5. The molecule has 0 bridgehead atoms. The Hall–Kier alpha value is -7.34. The van der Waals surface area contributed by atoms with E-state index in [-0.39, 0.29) is 90.7 Å². The third kappa shape index (κ3) is 10.1. The summed E-state index contributed by atoms with van der Waals surface area (Å²) in [5, 5.41) is 16.4. The van der Waals surface area contributed by atoms with Gasteiger partial charge in [0.15, 0.2) is 22.3 Å². The zero-order valence-corrected chi connectivity index (χ0v) is 40.4. The van der Waals surface area contributed by atoms with Crippen molar-refractivity contribution in [2.75, 3.05) is 44.9 Å². The Morgan fingerprint density at radius 3 is 1.69 bits per heavy atom. The van der Waals surface area contributed by atoms with Crippen molar-refractivity contribution in [3.05, 3.63) is 129 Å². The summed E-state index contributed by atoms with van der Waals surface area (Å²) in [6, 6.07) is 25.1. The zero-order valence-electron chi connectivity index (χ0n) is 40.4. The van der Waals surface area contributed by atoms with E-state index in [0.29, 0.717) is 11.5 Å². The average Bonchev–Trinajstić information content (AvgIpc) is 4.19. The quantitative estimate of drug-likeness (QED) is 0.0415. The van der Waals surface area contributed by atoms with E-state index in [1.54, 1.807) is 46.5 Å². The van der Waals surface area contributed by atoms with E-state index in [9.17, 15) is 24.3 Å². The van der Waals surface area contributed by atoms with E-state index in [2.05, 4.69) is 40.5 Å². The Balaban J connectivity index is 0.978. The number of aromatic amines is 2. The standard InChI is InChI=1S/C50H56N10O12/c1-27(2)44(62)55-48-53-42-40(46(64)57-48)51-24-59(42)38-20-34(61)36(71-38)22-68-26-69-35-21-39(60-25-52-41-43(60)54-49(58-47(41)65)56-45(63)28(3)4)72-37(35)23-70-50(29-10-8-7-9-11-29,30-12-16-32(66-5)17-13-30)31-14-18-33(67-6)19-15-31/h7-19,24-25,27-28,34-39,61H,20-23,26H2,1-6H3,(H2,53,55,57,62,64)(H2,54,56,58,63,65)/t34-,35-,36+,37+,38+,39+/m0/s1. The Kier molecular flexibility index (Phi) is 14.6. The van der Waals surface area contributed by atoms with Crippen molar-refractivity contribution in [1.82, 2.24) is 39.0 Å². The molecule has 0 spiro atoms. The summed E-state index contributed by atoms with van der Waals surface area (Å²) in [7, 11) is 3.21. The molecule has 9 rings (SSSR count). The van der Waals surface area contributed by atoms with Gasteiger partial charge < -0.3 is 38.3 Å². The third-order valence-corrected chi connectivity index (χ3v) is 12.7. The van der Waals surface area contributed by atoms with Crippen molar-refractivity contribution < 1.29 is 47.9 Å².